The van der Waals surface area contributed by atoms with E-state index in [1.807, 2.05) is 17.0 Å². The Balaban J connectivity index is 1.95. The topological polar surface area (TPSA) is 65.4 Å². The van der Waals surface area contributed by atoms with Crippen molar-refractivity contribution in [1.29, 1.82) is 5.26 Å². The molecule has 5 nitrogen and oxygen atoms in total. The van der Waals surface area contributed by atoms with Crippen molar-refractivity contribution in [3.05, 3.63) is 29.1 Å². The summed E-state index contributed by atoms with van der Waals surface area (Å²) in [5, 5.41) is 12.2. The fourth-order valence-corrected chi connectivity index (χ4v) is 3.41. The summed E-state index contributed by atoms with van der Waals surface area (Å²) < 4.78 is 20.1. The van der Waals surface area contributed by atoms with E-state index in [1.165, 1.54) is 6.07 Å². The van der Waals surface area contributed by atoms with Crippen LogP contribution in [0.1, 0.15) is 37.8 Å². The van der Waals surface area contributed by atoms with Crippen LogP contribution in [-0.2, 0) is 9.53 Å². The highest BCUT2D eigenvalue weighted by Gasteiger charge is 2.52. The zero-order chi connectivity index (χ0) is 16.8. The number of halogens is 1. The van der Waals surface area contributed by atoms with Crippen molar-refractivity contribution < 1.29 is 13.9 Å². The number of rotatable bonds is 1. The van der Waals surface area contributed by atoms with Crippen LogP contribution in [0, 0.1) is 24.1 Å². The summed E-state index contributed by atoms with van der Waals surface area (Å²) in [7, 11) is 0. The molecule has 1 atom stereocenters. The highest BCUT2D eigenvalue weighted by Crippen LogP contribution is 2.36. The van der Waals surface area contributed by atoms with Gasteiger partial charge in [-0.05, 0) is 51.3 Å². The summed E-state index contributed by atoms with van der Waals surface area (Å²) >= 11 is 0. The largest absolute Gasteiger partial charge is 0.366 e. The lowest BCUT2D eigenvalue weighted by molar-refractivity contribution is -0.134. The van der Waals surface area contributed by atoms with Crippen LogP contribution in [0.2, 0.25) is 0 Å². The molecule has 0 aliphatic carbocycles. The molecule has 1 spiro atoms. The van der Waals surface area contributed by atoms with Crippen LogP contribution in [0.25, 0.3) is 0 Å². The van der Waals surface area contributed by atoms with Gasteiger partial charge in [0.2, 0.25) is 0 Å². The smallest absolute Gasteiger partial charge is 0.254 e. The van der Waals surface area contributed by atoms with E-state index in [1.54, 1.807) is 20.8 Å². The molecule has 1 aromatic carbocycles. The molecule has 2 fully saturated rings. The summed E-state index contributed by atoms with van der Waals surface area (Å²) in [6.07, 6.45) is 1.49. The first-order chi connectivity index (χ1) is 10.8. The Labute approximate surface area is 135 Å². The van der Waals surface area contributed by atoms with Crippen molar-refractivity contribution in [2.24, 2.45) is 0 Å². The molecular formula is C17H20FN3O2. The summed E-state index contributed by atoms with van der Waals surface area (Å²) in [4.78, 5) is 14.0. The van der Waals surface area contributed by atoms with Gasteiger partial charge in [0.1, 0.15) is 23.1 Å². The van der Waals surface area contributed by atoms with Gasteiger partial charge in [0.05, 0.1) is 12.2 Å². The first-order valence-corrected chi connectivity index (χ1v) is 7.74. The van der Waals surface area contributed by atoms with Crippen molar-refractivity contribution >= 4 is 11.6 Å². The summed E-state index contributed by atoms with van der Waals surface area (Å²) in [5.41, 5.74) is -0.291. The molecule has 1 unspecified atom stereocenters. The summed E-state index contributed by atoms with van der Waals surface area (Å²) in [5.74, 6) is -0.658. The van der Waals surface area contributed by atoms with E-state index in [0.29, 0.717) is 25.2 Å². The Hall–Kier alpha value is -2.13. The second-order valence-electron chi connectivity index (χ2n) is 6.84. The normalized spacial score (nSPS) is 26.2. The number of hydrogen-bond donors (Lipinski definition) is 1. The van der Waals surface area contributed by atoms with Gasteiger partial charge in [0, 0.05) is 6.54 Å². The molecule has 6 heteroatoms. The number of ether oxygens (including phenoxy) is 1. The second-order valence-corrected chi connectivity index (χ2v) is 6.84. The zero-order valence-corrected chi connectivity index (χ0v) is 13.6. The molecule has 2 saturated heterocycles. The zero-order valence-electron chi connectivity index (χ0n) is 13.6. The monoisotopic (exact) mass is 317 g/mol. The first-order valence-electron chi connectivity index (χ1n) is 7.74. The van der Waals surface area contributed by atoms with Crippen LogP contribution in [0.3, 0.4) is 0 Å². The van der Waals surface area contributed by atoms with Gasteiger partial charge in [-0.3, -0.25) is 4.79 Å². The Kier molecular flexibility index (Phi) is 3.56. The van der Waals surface area contributed by atoms with Crippen molar-refractivity contribution in [2.45, 2.75) is 44.9 Å². The molecule has 1 amide bonds. The molecule has 0 aromatic heterocycles. The van der Waals surface area contributed by atoms with Crippen molar-refractivity contribution in [2.75, 3.05) is 18.0 Å². The maximum Gasteiger partial charge on any atom is 0.254 e. The minimum absolute atomic E-state index is 0.0382. The Morgan fingerprint density at radius 1 is 1.43 bits per heavy atom. The van der Waals surface area contributed by atoms with Gasteiger partial charge in [0.15, 0.2) is 5.72 Å². The third-order valence-electron chi connectivity index (χ3n) is 4.46. The molecule has 23 heavy (non-hydrogen) atoms. The minimum Gasteiger partial charge on any atom is -0.366 e. The third kappa shape index (κ3) is 2.66. The number of piperidine rings is 1. The van der Waals surface area contributed by atoms with Gasteiger partial charge in [-0.2, -0.15) is 5.26 Å². The van der Waals surface area contributed by atoms with Gasteiger partial charge in [-0.15, -0.1) is 0 Å². The number of nitrogens with one attached hydrogen (secondary N) is 1. The predicted octanol–water partition coefficient (Wildman–Crippen LogP) is 2.23. The number of nitrogens with zero attached hydrogens (tertiary/aromatic N) is 2. The molecule has 1 aromatic rings. The van der Waals surface area contributed by atoms with E-state index in [9.17, 15) is 14.4 Å². The van der Waals surface area contributed by atoms with E-state index < -0.39 is 17.1 Å². The van der Waals surface area contributed by atoms with E-state index in [2.05, 4.69) is 5.32 Å². The number of carbonyl (C=O) groups is 1. The summed E-state index contributed by atoms with van der Waals surface area (Å²) in [6.45, 7) is 6.37. The van der Waals surface area contributed by atoms with Gasteiger partial charge in [-0.1, -0.05) is 0 Å². The predicted molar refractivity (Wildman–Crippen MR) is 83.3 cm³/mol. The van der Waals surface area contributed by atoms with Crippen molar-refractivity contribution in [3.63, 3.8) is 0 Å². The van der Waals surface area contributed by atoms with Crippen LogP contribution < -0.4 is 10.2 Å². The van der Waals surface area contributed by atoms with E-state index in [-0.39, 0.29) is 11.5 Å². The first kappa shape index (κ1) is 15.8. The number of carbonyl (C=O) groups excluding carboxylic acids is 1. The molecule has 0 saturated carbocycles. The van der Waals surface area contributed by atoms with Gasteiger partial charge < -0.3 is 15.0 Å². The van der Waals surface area contributed by atoms with Crippen molar-refractivity contribution in [3.8, 4) is 6.07 Å². The summed E-state index contributed by atoms with van der Waals surface area (Å²) in [6, 6.07) is 5.12. The average Bonchev–Trinajstić information content (AvgIpc) is 2.67. The fourth-order valence-electron chi connectivity index (χ4n) is 3.41. The molecular weight excluding hydrogens is 297 g/mol. The maximum absolute atomic E-state index is 14.1. The average molecular weight is 317 g/mol. The fraction of sp³-hybridized carbons (Fsp3) is 0.529. The molecule has 1 N–H and O–H groups in total. The number of nitriles is 1. The van der Waals surface area contributed by atoms with Crippen LogP contribution in [0.4, 0.5) is 10.1 Å². The molecule has 2 aliphatic heterocycles. The third-order valence-corrected chi connectivity index (χ3v) is 4.46. The quantitative estimate of drug-likeness (QED) is 0.862. The van der Waals surface area contributed by atoms with E-state index in [0.717, 1.165) is 12.0 Å². The van der Waals surface area contributed by atoms with Gasteiger partial charge in [-0.25, -0.2) is 4.39 Å². The Morgan fingerprint density at radius 3 is 2.78 bits per heavy atom. The lowest BCUT2D eigenvalue weighted by Gasteiger charge is -2.41. The Morgan fingerprint density at radius 2 is 2.17 bits per heavy atom. The number of anilines is 1. The number of amides is 1. The standard InChI is InChI=1S/C17H20FN3O2/c1-11-7-13(18)12(9-19)14(8-11)21-6-4-5-17(10-21)20-15(22)16(2,3)23-17/h7-8H,4-6,10H2,1-3H3,(H,20,22). The number of hydrogen-bond acceptors (Lipinski definition) is 4. The lowest BCUT2D eigenvalue weighted by atomic mass is 9.99. The van der Waals surface area contributed by atoms with E-state index >= 15 is 0 Å². The van der Waals surface area contributed by atoms with Gasteiger partial charge in [0.25, 0.3) is 5.91 Å². The van der Waals surface area contributed by atoms with Crippen LogP contribution >= 0.6 is 0 Å². The van der Waals surface area contributed by atoms with Crippen LogP contribution in [-0.4, -0.2) is 30.3 Å². The van der Waals surface area contributed by atoms with Crippen molar-refractivity contribution in [1.82, 2.24) is 5.32 Å². The number of benzene rings is 1. The minimum atomic E-state index is -0.876. The molecule has 0 bridgehead atoms. The molecule has 122 valence electrons. The molecule has 0 radical (unpaired) electrons. The lowest BCUT2D eigenvalue weighted by Crippen LogP contribution is -2.56. The number of aryl methyl sites for hydroxylation is 1. The molecule has 2 aliphatic rings. The van der Waals surface area contributed by atoms with Crippen LogP contribution in [0.15, 0.2) is 12.1 Å². The maximum atomic E-state index is 14.1. The highest BCUT2D eigenvalue weighted by atomic mass is 19.1. The van der Waals surface area contributed by atoms with Gasteiger partial charge >= 0.3 is 0 Å². The van der Waals surface area contributed by atoms with Crippen LogP contribution in [0.5, 0.6) is 0 Å². The second kappa shape index (κ2) is 5.20. The molecule has 2 heterocycles. The Bertz CT molecular complexity index is 711. The van der Waals surface area contributed by atoms with E-state index in [4.69, 9.17) is 4.74 Å². The SMILES string of the molecule is Cc1cc(F)c(C#N)c(N2CCCC3(C2)NC(=O)C(C)(C)O3)c1. The highest BCUT2D eigenvalue weighted by molar-refractivity contribution is 5.87. The molecule has 3 rings (SSSR count).